The largest absolute Gasteiger partial charge is 0.328 e. The van der Waals surface area contributed by atoms with Gasteiger partial charge in [-0.25, -0.2) is 0 Å². The van der Waals surface area contributed by atoms with Gasteiger partial charge in [0.2, 0.25) is 0 Å². The molecule has 0 amide bonds. The molecule has 0 bridgehead atoms. The van der Waals surface area contributed by atoms with Crippen molar-refractivity contribution >= 4 is 0 Å². The third-order valence-electron chi connectivity index (χ3n) is 4.40. The molecule has 2 aliphatic heterocycles. The van der Waals surface area contributed by atoms with Gasteiger partial charge in [0.1, 0.15) is 0 Å². The first-order chi connectivity index (χ1) is 8.29. The minimum atomic E-state index is 0.421. The molecule has 2 fully saturated rings. The Morgan fingerprint density at radius 2 is 2.06 bits per heavy atom. The van der Waals surface area contributed by atoms with Gasteiger partial charge in [-0.05, 0) is 38.8 Å². The monoisotopic (exact) mass is 239 g/mol. The molecule has 2 heterocycles. The van der Waals surface area contributed by atoms with Crippen molar-refractivity contribution in [1.82, 2.24) is 9.80 Å². The van der Waals surface area contributed by atoms with Crippen molar-refractivity contribution < 1.29 is 0 Å². The molecule has 0 aromatic carbocycles. The molecule has 100 valence electrons. The van der Waals surface area contributed by atoms with Crippen LogP contribution in [0.4, 0.5) is 0 Å². The van der Waals surface area contributed by atoms with E-state index in [-0.39, 0.29) is 0 Å². The molecule has 2 saturated heterocycles. The summed E-state index contributed by atoms with van der Waals surface area (Å²) >= 11 is 0. The fraction of sp³-hybridized carbons (Fsp3) is 1.00. The van der Waals surface area contributed by atoms with Crippen LogP contribution in [0.15, 0.2) is 0 Å². The summed E-state index contributed by atoms with van der Waals surface area (Å²) in [6, 6.07) is 1.27. The number of nitrogens with two attached hydrogens (primary N) is 1. The molecule has 2 atom stereocenters. The summed E-state index contributed by atoms with van der Waals surface area (Å²) in [6.07, 6.45) is 7.85. The van der Waals surface area contributed by atoms with Gasteiger partial charge in [0.25, 0.3) is 0 Å². The van der Waals surface area contributed by atoms with Crippen molar-refractivity contribution in [3.8, 4) is 0 Å². The van der Waals surface area contributed by atoms with Gasteiger partial charge < -0.3 is 10.6 Å². The lowest BCUT2D eigenvalue weighted by molar-refractivity contribution is 0.0480. The molecule has 2 rings (SSSR count). The molecule has 0 aliphatic carbocycles. The van der Waals surface area contributed by atoms with E-state index in [0.717, 1.165) is 6.04 Å². The summed E-state index contributed by atoms with van der Waals surface area (Å²) < 4.78 is 0. The van der Waals surface area contributed by atoms with Crippen molar-refractivity contribution in [1.29, 1.82) is 0 Å². The van der Waals surface area contributed by atoms with Gasteiger partial charge in [0.05, 0.1) is 0 Å². The minimum absolute atomic E-state index is 0.421. The highest BCUT2D eigenvalue weighted by Gasteiger charge is 2.28. The van der Waals surface area contributed by atoms with Crippen LogP contribution < -0.4 is 5.73 Å². The fourth-order valence-corrected chi connectivity index (χ4v) is 3.29. The summed E-state index contributed by atoms with van der Waals surface area (Å²) in [7, 11) is 0. The normalized spacial score (nSPS) is 28.9. The quantitative estimate of drug-likeness (QED) is 0.792. The summed E-state index contributed by atoms with van der Waals surface area (Å²) in [4.78, 5) is 5.34. The Morgan fingerprint density at radius 3 is 2.88 bits per heavy atom. The van der Waals surface area contributed by atoms with Crippen LogP contribution in [0.3, 0.4) is 0 Å². The Hall–Kier alpha value is -0.120. The van der Waals surface area contributed by atoms with E-state index in [1.807, 2.05) is 0 Å². The molecule has 0 aromatic rings. The molecule has 0 spiro atoms. The topological polar surface area (TPSA) is 32.5 Å². The Morgan fingerprint density at radius 1 is 1.18 bits per heavy atom. The van der Waals surface area contributed by atoms with E-state index in [4.69, 9.17) is 5.73 Å². The fourth-order valence-electron chi connectivity index (χ4n) is 3.29. The number of nitrogens with zero attached hydrogens (tertiary/aromatic N) is 2. The first kappa shape index (κ1) is 13.3. The van der Waals surface area contributed by atoms with Crippen LogP contribution in [0.25, 0.3) is 0 Å². The molecule has 2 unspecified atom stereocenters. The van der Waals surface area contributed by atoms with E-state index in [1.54, 1.807) is 0 Å². The first-order valence-electron chi connectivity index (χ1n) is 7.51. The summed E-state index contributed by atoms with van der Waals surface area (Å²) in [5, 5.41) is 0. The molecule has 2 aliphatic rings. The predicted molar refractivity (Wildman–Crippen MR) is 73.2 cm³/mol. The third kappa shape index (κ3) is 3.94. The van der Waals surface area contributed by atoms with E-state index >= 15 is 0 Å². The molecule has 3 nitrogen and oxygen atoms in total. The van der Waals surface area contributed by atoms with Crippen LogP contribution in [-0.2, 0) is 0 Å². The number of hydrogen-bond donors (Lipinski definition) is 1. The van der Waals surface area contributed by atoms with Gasteiger partial charge in [0, 0.05) is 31.7 Å². The highest BCUT2D eigenvalue weighted by molar-refractivity contribution is 4.85. The van der Waals surface area contributed by atoms with Gasteiger partial charge >= 0.3 is 0 Å². The van der Waals surface area contributed by atoms with Crippen molar-refractivity contribution in [2.45, 2.75) is 57.5 Å². The maximum atomic E-state index is 6.10. The second kappa shape index (κ2) is 6.72. The van der Waals surface area contributed by atoms with Crippen LogP contribution in [0.5, 0.6) is 0 Å². The SMILES string of the molecule is CCCC(N)CCN1CCN2CCCCC2C1. The zero-order chi connectivity index (χ0) is 12.1. The van der Waals surface area contributed by atoms with Gasteiger partial charge in [-0.1, -0.05) is 19.8 Å². The van der Waals surface area contributed by atoms with Gasteiger partial charge in [-0.15, -0.1) is 0 Å². The van der Waals surface area contributed by atoms with E-state index < -0.39 is 0 Å². The Labute approximate surface area is 106 Å². The summed E-state index contributed by atoms with van der Waals surface area (Å²) in [6.45, 7) is 8.61. The first-order valence-corrected chi connectivity index (χ1v) is 7.51. The molecule has 17 heavy (non-hydrogen) atoms. The second-order valence-electron chi connectivity index (χ2n) is 5.82. The predicted octanol–water partition coefficient (Wildman–Crippen LogP) is 1.67. The van der Waals surface area contributed by atoms with Crippen molar-refractivity contribution in [3.05, 3.63) is 0 Å². The molecule has 0 saturated carbocycles. The van der Waals surface area contributed by atoms with Crippen LogP contribution in [0.1, 0.15) is 45.4 Å². The second-order valence-corrected chi connectivity index (χ2v) is 5.82. The highest BCUT2D eigenvalue weighted by atomic mass is 15.3. The van der Waals surface area contributed by atoms with E-state index in [9.17, 15) is 0 Å². The Balaban J connectivity index is 1.68. The van der Waals surface area contributed by atoms with Crippen LogP contribution in [-0.4, -0.2) is 54.6 Å². The lowest BCUT2D eigenvalue weighted by atomic mass is 9.99. The van der Waals surface area contributed by atoms with Gasteiger partial charge in [0.15, 0.2) is 0 Å². The highest BCUT2D eigenvalue weighted by Crippen LogP contribution is 2.21. The van der Waals surface area contributed by atoms with Gasteiger partial charge in [-0.2, -0.15) is 0 Å². The molecular formula is C14H29N3. The maximum Gasteiger partial charge on any atom is 0.0223 e. The minimum Gasteiger partial charge on any atom is -0.328 e. The molecular weight excluding hydrogens is 210 g/mol. The maximum absolute atomic E-state index is 6.10. The number of piperidine rings is 1. The van der Waals surface area contributed by atoms with Crippen molar-refractivity contribution in [2.75, 3.05) is 32.7 Å². The van der Waals surface area contributed by atoms with Gasteiger partial charge in [-0.3, -0.25) is 4.90 Å². The average molecular weight is 239 g/mol. The van der Waals surface area contributed by atoms with Crippen molar-refractivity contribution in [3.63, 3.8) is 0 Å². The third-order valence-corrected chi connectivity index (χ3v) is 4.40. The number of fused-ring (bicyclic) bond motifs is 1. The Bertz CT molecular complexity index is 220. The zero-order valence-corrected chi connectivity index (χ0v) is 11.4. The Kier molecular flexibility index (Phi) is 5.26. The lowest BCUT2D eigenvalue weighted by Gasteiger charge is -2.44. The van der Waals surface area contributed by atoms with Crippen LogP contribution >= 0.6 is 0 Å². The van der Waals surface area contributed by atoms with E-state index in [2.05, 4.69) is 16.7 Å². The smallest absolute Gasteiger partial charge is 0.0223 e. The average Bonchev–Trinajstić information content (AvgIpc) is 2.36. The summed E-state index contributed by atoms with van der Waals surface area (Å²) in [5.74, 6) is 0. The zero-order valence-electron chi connectivity index (χ0n) is 11.4. The van der Waals surface area contributed by atoms with Crippen LogP contribution in [0, 0.1) is 0 Å². The number of rotatable bonds is 5. The lowest BCUT2D eigenvalue weighted by Crippen LogP contribution is -2.55. The molecule has 0 aromatic heterocycles. The van der Waals surface area contributed by atoms with E-state index in [1.165, 1.54) is 71.2 Å². The molecule has 3 heteroatoms. The number of hydrogen-bond acceptors (Lipinski definition) is 3. The number of piperazine rings is 1. The van der Waals surface area contributed by atoms with Crippen LogP contribution in [0.2, 0.25) is 0 Å². The standard InChI is InChI=1S/C14H29N3/c1-2-5-13(15)7-9-16-10-11-17-8-4-3-6-14(17)12-16/h13-14H,2-12,15H2,1H3. The summed E-state index contributed by atoms with van der Waals surface area (Å²) in [5.41, 5.74) is 6.10. The molecule has 0 radical (unpaired) electrons. The van der Waals surface area contributed by atoms with E-state index in [0.29, 0.717) is 6.04 Å². The molecule has 2 N–H and O–H groups in total. The van der Waals surface area contributed by atoms with Crippen molar-refractivity contribution in [2.24, 2.45) is 5.73 Å².